The van der Waals surface area contributed by atoms with Crippen molar-refractivity contribution in [3.05, 3.63) is 47.5 Å². The molecule has 0 radical (unpaired) electrons. The molecular formula is C22H23ClFN3O3S. The summed E-state index contributed by atoms with van der Waals surface area (Å²) in [6, 6.07) is 7.95. The molecule has 0 atom stereocenters. The number of carbonyl (C=O) groups excluding carboxylic acids is 1. The van der Waals surface area contributed by atoms with Gasteiger partial charge in [-0.3, -0.25) is 4.79 Å². The Hall–Kier alpha value is -2.58. The summed E-state index contributed by atoms with van der Waals surface area (Å²) in [6.07, 6.45) is 3.34. The Labute approximate surface area is 189 Å². The first-order valence-electron chi connectivity index (χ1n) is 9.54. The highest BCUT2D eigenvalue weighted by molar-refractivity contribution is 7.98. The average molecular weight is 464 g/mol. The number of carbonyl (C=O) groups is 1. The van der Waals surface area contributed by atoms with Crippen LogP contribution in [-0.2, 0) is 4.79 Å². The topological polar surface area (TPSA) is 73.3 Å². The van der Waals surface area contributed by atoms with Crippen LogP contribution in [0.3, 0.4) is 0 Å². The minimum Gasteiger partial charge on any atom is -0.489 e. The molecule has 0 saturated carbocycles. The number of hydrogen-bond acceptors (Lipinski definition) is 7. The highest BCUT2D eigenvalue weighted by atomic mass is 35.5. The number of hydrogen-bond donors (Lipinski definition) is 1. The van der Waals surface area contributed by atoms with Crippen LogP contribution in [-0.4, -0.2) is 34.6 Å². The number of esters is 1. The van der Waals surface area contributed by atoms with Crippen LogP contribution in [0.2, 0.25) is 5.02 Å². The van der Waals surface area contributed by atoms with Gasteiger partial charge in [-0.2, -0.15) is 11.8 Å². The van der Waals surface area contributed by atoms with Crippen molar-refractivity contribution in [3.8, 4) is 11.5 Å². The summed E-state index contributed by atoms with van der Waals surface area (Å²) >= 11 is 7.52. The standard InChI is InChI=1S/C22H23ClFN3O3S/c1-22(2,3)21(28)30-18-10-13-16(11-17(18)29-8-9-31-4)25-12-26-20(13)27-15-7-5-6-14(23)19(15)24/h5-7,10-12H,8-9H2,1-4H3,(H,25,26,27). The molecule has 3 aromatic rings. The van der Waals surface area contributed by atoms with E-state index in [1.165, 1.54) is 12.4 Å². The van der Waals surface area contributed by atoms with Gasteiger partial charge in [0.1, 0.15) is 12.1 Å². The van der Waals surface area contributed by atoms with Gasteiger partial charge in [0.15, 0.2) is 17.3 Å². The van der Waals surface area contributed by atoms with E-state index in [0.29, 0.717) is 29.1 Å². The summed E-state index contributed by atoms with van der Waals surface area (Å²) in [5, 5.41) is 3.47. The first kappa shape index (κ1) is 23.1. The number of fused-ring (bicyclic) bond motifs is 1. The van der Waals surface area contributed by atoms with Gasteiger partial charge in [-0.1, -0.05) is 17.7 Å². The molecule has 9 heteroatoms. The van der Waals surface area contributed by atoms with E-state index in [1.807, 2.05) is 6.26 Å². The van der Waals surface area contributed by atoms with E-state index >= 15 is 0 Å². The molecule has 1 heterocycles. The molecule has 164 valence electrons. The molecule has 0 saturated heterocycles. The van der Waals surface area contributed by atoms with Crippen LogP contribution in [0, 0.1) is 11.2 Å². The molecule has 0 unspecified atom stereocenters. The van der Waals surface area contributed by atoms with E-state index in [0.717, 1.165) is 5.75 Å². The zero-order chi connectivity index (χ0) is 22.6. The molecule has 1 N–H and O–H groups in total. The Morgan fingerprint density at radius 1 is 1.23 bits per heavy atom. The third-order valence-corrected chi connectivity index (χ3v) is 5.13. The van der Waals surface area contributed by atoms with Gasteiger partial charge in [0.25, 0.3) is 0 Å². The van der Waals surface area contributed by atoms with Crippen LogP contribution in [0.1, 0.15) is 20.8 Å². The lowest BCUT2D eigenvalue weighted by Gasteiger charge is -2.19. The highest BCUT2D eigenvalue weighted by Gasteiger charge is 2.25. The predicted octanol–water partition coefficient (Wildman–Crippen LogP) is 5.86. The molecule has 2 aromatic carbocycles. The van der Waals surface area contributed by atoms with Crippen LogP contribution < -0.4 is 14.8 Å². The van der Waals surface area contributed by atoms with Gasteiger partial charge in [0.2, 0.25) is 0 Å². The molecular weight excluding hydrogens is 441 g/mol. The Balaban J connectivity index is 2.06. The Kier molecular flexibility index (Phi) is 7.23. The number of nitrogens with zero attached hydrogens (tertiary/aromatic N) is 2. The molecule has 0 amide bonds. The van der Waals surface area contributed by atoms with Crippen molar-refractivity contribution in [1.82, 2.24) is 9.97 Å². The smallest absolute Gasteiger partial charge is 0.316 e. The lowest BCUT2D eigenvalue weighted by Crippen LogP contribution is -2.25. The van der Waals surface area contributed by atoms with Crippen molar-refractivity contribution in [1.29, 1.82) is 0 Å². The second kappa shape index (κ2) is 9.70. The van der Waals surface area contributed by atoms with Gasteiger partial charge in [-0.15, -0.1) is 0 Å². The molecule has 0 aliphatic heterocycles. The van der Waals surface area contributed by atoms with Crippen molar-refractivity contribution in [2.75, 3.05) is 23.9 Å². The quantitative estimate of drug-likeness (QED) is 0.267. The van der Waals surface area contributed by atoms with Crippen molar-refractivity contribution in [2.24, 2.45) is 5.41 Å². The van der Waals surface area contributed by atoms with Gasteiger partial charge >= 0.3 is 5.97 Å². The van der Waals surface area contributed by atoms with Gasteiger partial charge in [-0.05, 0) is 45.2 Å². The zero-order valence-electron chi connectivity index (χ0n) is 17.7. The average Bonchev–Trinajstić information content (AvgIpc) is 2.71. The van der Waals surface area contributed by atoms with Crippen LogP contribution in [0.25, 0.3) is 10.9 Å². The Bertz CT molecular complexity index is 1110. The van der Waals surface area contributed by atoms with E-state index in [9.17, 15) is 9.18 Å². The number of halogens is 2. The normalized spacial score (nSPS) is 11.4. The van der Waals surface area contributed by atoms with Gasteiger partial charge in [0.05, 0.1) is 28.2 Å². The number of benzene rings is 2. The number of rotatable bonds is 7. The Morgan fingerprint density at radius 3 is 2.71 bits per heavy atom. The third kappa shape index (κ3) is 5.57. The van der Waals surface area contributed by atoms with Crippen LogP contribution in [0.5, 0.6) is 11.5 Å². The third-order valence-electron chi connectivity index (χ3n) is 4.27. The van der Waals surface area contributed by atoms with Crippen molar-refractivity contribution in [3.63, 3.8) is 0 Å². The summed E-state index contributed by atoms with van der Waals surface area (Å²) in [5.74, 6) is 0.765. The monoisotopic (exact) mass is 463 g/mol. The maximum absolute atomic E-state index is 14.4. The second-order valence-corrected chi connectivity index (χ2v) is 9.14. The first-order chi connectivity index (χ1) is 14.7. The van der Waals surface area contributed by atoms with E-state index in [-0.39, 0.29) is 16.5 Å². The summed E-state index contributed by atoms with van der Waals surface area (Å²) in [5.41, 5.74) is 0.0135. The van der Waals surface area contributed by atoms with E-state index in [4.69, 9.17) is 21.1 Å². The van der Waals surface area contributed by atoms with Gasteiger partial charge in [-0.25, -0.2) is 14.4 Å². The second-order valence-electron chi connectivity index (χ2n) is 7.75. The largest absolute Gasteiger partial charge is 0.489 e. The van der Waals surface area contributed by atoms with Gasteiger partial charge in [0, 0.05) is 17.2 Å². The maximum atomic E-state index is 14.4. The predicted molar refractivity (Wildman–Crippen MR) is 123 cm³/mol. The van der Waals surface area contributed by atoms with Crippen LogP contribution >= 0.6 is 23.4 Å². The van der Waals surface area contributed by atoms with E-state index in [2.05, 4.69) is 15.3 Å². The maximum Gasteiger partial charge on any atom is 0.316 e. The van der Waals surface area contributed by atoms with Gasteiger partial charge < -0.3 is 14.8 Å². The lowest BCUT2D eigenvalue weighted by molar-refractivity contribution is -0.143. The van der Waals surface area contributed by atoms with E-state index in [1.54, 1.807) is 56.8 Å². The number of aromatic nitrogens is 2. The fourth-order valence-corrected chi connectivity index (χ4v) is 3.00. The summed E-state index contributed by atoms with van der Waals surface area (Å²) in [6.45, 7) is 5.74. The molecule has 3 rings (SSSR count). The SMILES string of the molecule is CSCCOc1cc2ncnc(Nc3cccc(Cl)c3F)c2cc1OC(=O)C(C)(C)C. The van der Waals surface area contributed by atoms with Crippen molar-refractivity contribution in [2.45, 2.75) is 20.8 Å². The van der Waals surface area contributed by atoms with Crippen molar-refractivity contribution < 1.29 is 18.7 Å². The highest BCUT2D eigenvalue weighted by Crippen LogP contribution is 2.36. The summed E-state index contributed by atoms with van der Waals surface area (Å²) in [4.78, 5) is 21.0. The molecule has 0 aliphatic rings. The number of nitrogens with one attached hydrogen (secondary N) is 1. The van der Waals surface area contributed by atoms with Crippen LogP contribution in [0.15, 0.2) is 36.7 Å². The molecule has 0 fully saturated rings. The first-order valence-corrected chi connectivity index (χ1v) is 11.3. The molecule has 6 nitrogen and oxygen atoms in total. The summed E-state index contributed by atoms with van der Waals surface area (Å²) in [7, 11) is 0. The molecule has 31 heavy (non-hydrogen) atoms. The van der Waals surface area contributed by atoms with Crippen molar-refractivity contribution >= 4 is 51.7 Å². The Morgan fingerprint density at radius 2 is 2.00 bits per heavy atom. The van der Waals surface area contributed by atoms with E-state index < -0.39 is 17.2 Å². The van der Waals surface area contributed by atoms with Crippen LogP contribution in [0.4, 0.5) is 15.9 Å². The molecule has 1 aromatic heterocycles. The molecule has 0 spiro atoms. The fraction of sp³-hybridized carbons (Fsp3) is 0.318. The lowest BCUT2D eigenvalue weighted by atomic mass is 9.97. The number of anilines is 2. The number of ether oxygens (including phenoxy) is 2. The summed E-state index contributed by atoms with van der Waals surface area (Å²) < 4.78 is 25.9. The fourth-order valence-electron chi connectivity index (χ4n) is 2.57. The minimum atomic E-state index is -0.705. The number of thioether (sulfide) groups is 1. The minimum absolute atomic E-state index is 0.00682. The zero-order valence-corrected chi connectivity index (χ0v) is 19.2. The molecule has 0 aliphatic carbocycles. The molecule has 0 bridgehead atoms.